The number of fused-ring (bicyclic) bond motifs is 5. The Hall–Kier alpha value is -0.0900. The van der Waals surface area contributed by atoms with E-state index in [-0.39, 0.29) is 5.54 Å². The van der Waals surface area contributed by atoms with Crippen molar-refractivity contribution in [3.8, 4) is 0 Å². The molecule has 0 heterocycles. The molecule has 102 valence electrons. The van der Waals surface area contributed by atoms with Gasteiger partial charge in [0.25, 0.3) is 0 Å². The second-order valence-corrected chi connectivity index (χ2v) is 8.35. The number of nitrogens with two attached hydrogens (primary N) is 1. The molecule has 0 aromatic heterocycles. The van der Waals surface area contributed by atoms with Crippen molar-refractivity contribution in [2.75, 3.05) is 0 Å². The topological polar surface area (TPSA) is 26.0 Å². The lowest BCUT2D eigenvalue weighted by Gasteiger charge is -2.40. The summed E-state index contributed by atoms with van der Waals surface area (Å²) in [5, 5.41) is 0. The van der Waals surface area contributed by atoms with Crippen molar-refractivity contribution < 1.29 is 0 Å². The third-order valence-electron chi connectivity index (χ3n) is 6.13. The third kappa shape index (κ3) is 1.98. The normalized spacial score (nSPS) is 43.7. The minimum absolute atomic E-state index is 0.100. The van der Waals surface area contributed by atoms with Gasteiger partial charge in [-0.05, 0) is 96.1 Å². The molecule has 1 nitrogen and oxygen atoms in total. The van der Waals surface area contributed by atoms with E-state index in [4.69, 9.17) is 5.73 Å². The standard InChI is InChI=1S/C17H22IN/c18-13-6-4-11(5-7-13)9-17(19)10-12-8-16(17)15-3-1-2-14(12)15/h4-7,12,14-16H,1-3,8-10,19H2. The van der Waals surface area contributed by atoms with E-state index < -0.39 is 0 Å². The highest BCUT2D eigenvalue weighted by Crippen LogP contribution is 2.62. The van der Waals surface area contributed by atoms with E-state index in [0.29, 0.717) is 0 Å². The molecule has 3 saturated carbocycles. The minimum atomic E-state index is 0.100. The summed E-state index contributed by atoms with van der Waals surface area (Å²) in [5.41, 5.74) is 8.40. The molecule has 1 aromatic carbocycles. The van der Waals surface area contributed by atoms with Gasteiger partial charge in [0.05, 0.1) is 0 Å². The number of hydrogen-bond acceptors (Lipinski definition) is 1. The molecule has 0 amide bonds. The molecule has 3 fully saturated rings. The summed E-state index contributed by atoms with van der Waals surface area (Å²) < 4.78 is 1.32. The molecule has 4 rings (SSSR count). The largest absolute Gasteiger partial charge is 0.325 e. The van der Waals surface area contributed by atoms with Crippen LogP contribution in [-0.2, 0) is 6.42 Å². The third-order valence-corrected chi connectivity index (χ3v) is 6.85. The zero-order chi connectivity index (χ0) is 13.0. The van der Waals surface area contributed by atoms with E-state index in [0.717, 1.165) is 30.1 Å². The SMILES string of the molecule is NC1(Cc2ccc(I)cc2)CC2CC1C1CCCC21. The molecule has 3 aliphatic rings. The van der Waals surface area contributed by atoms with E-state index >= 15 is 0 Å². The fourth-order valence-corrected chi connectivity index (χ4v) is 5.86. The Morgan fingerprint density at radius 1 is 1.16 bits per heavy atom. The van der Waals surface area contributed by atoms with Gasteiger partial charge in [0.1, 0.15) is 0 Å². The molecule has 2 bridgehead atoms. The lowest BCUT2D eigenvalue weighted by molar-refractivity contribution is 0.156. The Morgan fingerprint density at radius 3 is 2.68 bits per heavy atom. The molecule has 0 aliphatic heterocycles. The average Bonchev–Trinajstić information content (AvgIpc) is 3.02. The summed E-state index contributed by atoms with van der Waals surface area (Å²) in [6, 6.07) is 8.97. The first-order valence-electron chi connectivity index (χ1n) is 7.69. The first-order chi connectivity index (χ1) is 9.16. The quantitative estimate of drug-likeness (QED) is 0.786. The van der Waals surface area contributed by atoms with Crippen LogP contribution in [0.3, 0.4) is 0 Å². The highest BCUT2D eigenvalue weighted by molar-refractivity contribution is 14.1. The number of hydrogen-bond donors (Lipinski definition) is 1. The van der Waals surface area contributed by atoms with Crippen molar-refractivity contribution in [2.45, 2.75) is 44.1 Å². The summed E-state index contributed by atoms with van der Waals surface area (Å²) in [4.78, 5) is 0. The van der Waals surface area contributed by atoms with Gasteiger partial charge >= 0.3 is 0 Å². The second kappa shape index (κ2) is 4.45. The zero-order valence-corrected chi connectivity index (χ0v) is 13.5. The van der Waals surface area contributed by atoms with Gasteiger partial charge in [-0.25, -0.2) is 0 Å². The maximum Gasteiger partial charge on any atom is 0.0229 e. The first kappa shape index (κ1) is 12.6. The van der Waals surface area contributed by atoms with Crippen molar-refractivity contribution in [3.05, 3.63) is 33.4 Å². The Bertz CT molecular complexity index is 483. The molecule has 3 aliphatic carbocycles. The summed E-state index contributed by atoms with van der Waals surface area (Å²) in [6.45, 7) is 0. The summed E-state index contributed by atoms with van der Waals surface area (Å²) >= 11 is 2.37. The number of benzene rings is 1. The average molecular weight is 367 g/mol. The van der Waals surface area contributed by atoms with E-state index in [1.54, 1.807) is 0 Å². The van der Waals surface area contributed by atoms with E-state index in [1.807, 2.05) is 0 Å². The molecule has 5 atom stereocenters. The fourth-order valence-electron chi connectivity index (χ4n) is 5.50. The van der Waals surface area contributed by atoms with Crippen LogP contribution < -0.4 is 5.73 Å². The Kier molecular flexibility index (Phi) is 2.96. The molecule has 19 heavy (non-hydrogen) atoms. The predicted octanol–water partition coefficient (Wildman–Crippen LogP) is 3.99. The zero-order valence-electron chi connectivity index (χ0n) is 11.3. The van der Waals surface area contributed by atoms with E-state index in [9.17, 15) is 0 Å². The molecule has 0 saturated heterocycles. The minimum Gasteiger partial charge on any atom is -0.325 e. The van der Waals surface area contributed by atoms with E-state index in [2.05, 4.69) is 46.9 Å². The maximum atomic E-state index is 6.87. The monoisotopic (exact) mass is 367 g/mol. The van der Waals surface area contributed by atoms with Crippen LogP contribution in [0.15, 0.2) is 24.3 Å². The molecule has 2 heteroatoms. The first-order valence-corrected chi connectivity index (χ1v) is 8.77. The van der Waals surface area contributed by atoms with Crippen LogP contribution in [0.5, 0.6) is 0 Å². The Labute approximate surface area is 129 Å². The highest BCUT2D eigenvalue weighted by Gasteiger charge is 2.58. The fraction of sp³-hybridized carbons (Fsp3) is 0.647. The van der Waals surface area contributed by atoms with E-state index in [1.165, 1.54) is 41.2 Å². The molecule has 2 N–H and O–H groups in total. The molecule has 0 spiro atoms. The van der Waals surface area contributed by atoms with Crippen LogP contribution in [-0.4, -0.2) is 5.54 Å². The van der Waals surface area contributed by atoms with Crippen molar-refractivity contribution in [1.29, 1.82) is 0 Å². The van der Waals surface area contributed by atoms with Crippen molar-refractivity contribution in [2.24, 2.45) is 29.4 Å². The van der Waals surface area contributed by atoms with Crippen LogP contribution >= 0.6 is 22.6 Å². The Morgan fingerprint density at radius 2 is 1.89 bits per heavy atom. The molecule has 0 radical (unpaired) electrons. The summed E-state index contributed by atoms with van der Waals surface area (Å²) in [7, 11) is 0. The van der Waals surface area contributed by atoms with Crippen molar-refractivity contribution in [1.82, 2.24) is 0 Å². The van der Waals surface area contributed by atoms with Gasteiger partial charge < -0.3 is 5.73 Å². The van der Waals surface area contributed by atoms with Crippen LogP contribution in [0.25, 0.3) is 0 Å². The van der Waals surface area contributed by atoms with Crippen LogP contribution in [0.1, 0.15) is 37.7 Å². The van der Waals surface area contributed by atoms with Gasteiger partial charge in [0, 0.05) is 9.11 Å². The van der Waals surface area contributed by atoms with Crippen molar-refractivity contribution >= 4 is 22.6 Å². The molecule has 1 aromatic rings. The molecular formula is C17H22IN. The molecular weight excluding hydrogens is 345 g/mol. The van der Waals surface area contributed by atoms with Gasteiger partial charge in [-0.1, -0.05) is 18.6 Å². The van der Waals surface area contributed by atoms with Crippen LogP contribution in [0.2, 0.25) is 0 Å². The van der Waals surface area contributed by atoms with Crippen molar-refractivity contribution in [3.63, 3.8) is 0 Å². The van der Waals surface area contributed by atoms with Crippen LogP contribution in [0.4, 0.5) is 0 Å². The molecule has 5 unspecified atom stereocenters. The lowest BCUT2D eigenvalue weighted by Crippen LogP contribution is -2.50. The van der Waals surface area contributed by atoms with Gasteiger partial charge in [-0.2, -0.15) is 0 Å². The second-order valence-electron chi connectivity index (χ2n) is 7.10. The van der Waals surface area contributed by atoms with Gasteiger partial charge in [-0.3, -0.25) is 0 Å². The van der Waals surface area contributed by atoms with Gasteiger partial charge in [0.15, 0.2) is 0 Å². The lowest BCUT2D eigenvalue weighted by atomic mass is 9.69. The van der Waals surface area contributed by atoms with Crippen LogP contribution in [0, 0.1) is 27.2 Å². The smallest absolute Gasteiger partial charge is 0.0229 e. The Balaban J connectivity index is 1.56. The highest BCUT2D eigenvalue weighted by atomic mass is 127. The predicted molar refractivity (Wildman–Crippen MR) is 86.8 cm³/mol. The number of halogens is 1. The summed E-state index contributed by atoms with van der Waals surface area (Å²) in [5.74, 6) is 3.77. The maximum absolute atomic E-state index is 6.87. The van der Waals surface area contributed by atoms with Gasteiger partial charge in [-0.15, -0.1) is 0 Å². The summed E-state index contributed by atoms with van der Waals surface area (Å²) in [6.07, 6.45) is 8.21. The number of rotatable bonds is 2. The van der Waals surface area contributed by atoms with Gasteiger partial charge in [0.2, 0.25) is 0 Å².